The van der Waals surface area contributed by atoms with Gasteiger partial charge in [-0.1, -0.05) is 38.7 Å². The predicted molar refractivity (Wildman–Crippen MR) is 72.2 cm³/mol. The average Bonchev–Trinajstić information content (AvgIpc) is 2.35. The molecule has 1 rings (SSSR count). The normalized spacial score (nSPS) is 24.2. The largest absolute Gasteiger partial charge is 0.461 e. The molecule has 0 aliphatic carbocycles. The van der Waals surface area contributed by atoms with Crippen LogP contribution in [0.4, 0.5) is 0 Å². The van der Waals surface area contributed by atoms with Gasteiger partial charge in [-0.25, -0.2) is 0 Å². The first-order valence-corrected chi connectivity index (χ1v) is 7.18. The predicted octanol–water partition coefficient (Wildman–Crippen LogP) is 3.22. The molecule has 3 nitrogen and oxygen atoms in total. The highest BCUT2D eigenvalue weighted by Crippen LogP contribution is 2.31. The number of hydrogen-bond donors (Lipinski definition) is 1. The fourth-order valence-corrected chi connectivity index (χ4v) is 2.40. The maximum atomic E-state index is 11.4. The van der Waals surface area contributed by atoms with Crippen LogP contribution in [0.15, 0.2) is 12.7 Å². The molecule has 18 heavy (non-hydrogen) atoms. The Morgan fingerprint density at radius 1 is 1.44 bits per heavy atom. The lowest BCUT2D eigenvalue weighted by atomic mass is 9.87. The smallest absolute Gasteiger partial charge is 0.313 e. The van der Waals surface area contributed by atoms with Gasteiger partial charge < -0.3 is 9.84 Å². The summed E-state index contributed by atoms with van der Waals surface area (Å²) in [6.07, 6.45) is 9.10. The van der Waals surface area contributed by atoms with Gasteiger partial charge in [0.15, 0.2) is 0 Å². The van der Waals surface area contributed by atoms with E-state index in [1.807, 2.05) is 0 Å². The number of cyclic esters (lactones) is 1. The Balaban J connectivity index is 2.20. The van der Waals surface area contributed by atoms with E-state index in [1.54, 1.807) is 6.08 Å². The minimum absolute atomic E-state index is 0.0280. The van der Waals surface area contributed by atoms with Crippen molar-refractivity contribution < 1.29 is 14.6 Å². The minimum Gasteiger partial charge on any atom is -0.461 e. The Morgan fingerprint density at radius 2 is 2.22 bits per heavy atom. The van der Waals surface area contributed by atoms with E-state index in [9.17, 15) is 9.90 Å². The number of unbranched alkanes of at least 4 members (excludes halogenated alkanes) is 3. The standard InChI is InChI=1S/C15H26O3/c1-3-5-7-8-10-13-14(18-15(13)17)11-12(16)9-6-4-2/h4,12-14,16H,2-3,5-11H2,1H3/t12?,13-,14-/m1/s1. The van der Waals surface area contributed by atoms with Gasteiger partial charge in [0.05, 0.1) is 12.0 Å². The van der Waals surface area contributed by atoms with E-state index in [0.29, 0.717) is 12.8 Å². The van der Waals surface area contributed by atoms with Crippen molar-refractivity contribution in [1.82, 2.24) is 0 Å². The first-order chi connectivity index (χ1) is 8.69. The average molecular weight is 254 g/mol. The molecule has 0 radical (unpaired) electrons. The third-order valence-corrected chi connectivity index (χ3v) is 3.60. The Morgan fingerprint density at radius 3 is 2.83 bits per heavy atom. The zero-order chi connectivity index (χ0) is 13.4. The molecule has 0 bridgehead atoms. The minimum atomic E-state index is -0.376. The number of carbonyl (C=O) groups is 1. The number of aliphatic hydroxyl groups excluding tert-OH is 1. The van der Waals surface area contributed by atoms with Gasteiger partial charge in [0.2, 0.25) is 0 Å². The molecule has 104 valence electrons. The van der Waals surface area contributed by atoms with Gasteiger partial charge in [0, 0.05) is 6.42 Å². The van der Waals surface area contributed by atoms with Crippen molar-refractivity contribution in [1.29, 1.82) is 0 Å². The molecule has 1 saturated heterocycles. The Hall–Kier alpha value is -0.830. The number of hydrogen-bond acceptors (Lipinski definition) is 3. The second-order valence-electron chi connectivity index (χ2n) is 5.19. The molecule has 0 aromatic rings. The van der Waals surface area contributed by atoms with Gasteiger partial charge in [-0.05, 0) is 19.3 Å². The molecule has 3 atom stereocenters. The molecule has 0 aromatic heterocycles. The van der Waals surface area contributed by atoms with Crippen molar-refractivity contribution in [2.24, 2.45) is 5.92 Å². The van der Waals surface area contributed by atoms with E-state index in [-0.39, 0.29) is 24.1 Å². The summed E-state index contributed by atoms with van der Waals surface area (Å²) in [5.41, 5.74) is 0. The molecular formula is C15H26O3. The quantitative estimate of drug-likeness (QED) is 0.370. The highest BCUT2D eigenvalue weighted by atomic mass is 16.6. The lowest BCUT2D eigenvalue weighted by molar-refractivity contribution is -0.188. The van der Waals surface area contributed by atoms with Crippen LogP contribution in [-0.2, 0) is 9.53 Å². The molecule has 1 heterocycles. The number of rotatable bonds is 10. The SMILES string of the molecule is C=CCCC(O)C[C@H]1OC(=O)[C@@H]1CCCCCC. The van der Waals surface area contributed by atoms with E-state index >= 15 is 0 Å². The van der Waals surface area contributed by atoms with Gasteiger partial charge in [-0.15, -0.1) is 6.58 Å². The zero-order valence-electron chi connectivity index (χ0n) is 11.4. The molecule has 0 amide bonds. The van der Waals surface area contributed by atoms with Crippen molar-refractivity contribution in [3.05, 3.63) is 12.7 Å². The molecule has 1 aliphatic heterocycles. The molecule has 0 saturated carbocycles. The van der Waals surface area contributed by atoms with E-state index < -0.39 is 0 Å². The van der Waals surface area contributed by atoms with Gasteiger partial charge in [0.1, 0.15) is 6.10 Å². The van der Waals surface area contributed by atoms with Crippen LogP contribution >= 0.6 is 0 Å². The first-order valence-electron chi connectivity index (χ1n) is 7.18. The summed E-state index contributed by atoms with van der Waals surface area (Å²) in [4.78, 5) is 11.4. The van der Waals surface area contributed by atoms with Crippen LogP contribution in [-0.4, -0.2) is 23.3 Å². The van der Waals surface area contributed by atoms with Crippen LogP contribution < -0.4 is 0 Å². The lowest BCUT2D eigenvalue weighted by Gasteiger charge is -2.36. The molecule has 1 unspecified atom stereocenters. The van der Waals surface area contributed by atoms with E-state index in [2.05, 4.69) is 13.5 Å². The fourth-order valence-electron chi connectivity index (χ4n) is 2.40. The molecular weight excluding hydrogens is 228 g/mol. The van der Waals surface area contributed by atoms with Crippen molar-refractivity contribution >= 4 is 5.97 Å². The van der Waals surface area contributed by atoms with E-state index in [4.69, 9.17) is 4.74 Å². The monoisotopic (exact) mass is 254 g/mol. The van der Waals surface area contributed by atoms with Crippen molar-refractivity contribution in [3.8, 4) is 0 Å². The summed E-state index contributed by atoms with van der Waals surface area (Å²) in [6.45, 7) is 5.81. The Labute approximate surface area is 110 Å². The van der Waals surface area contributed by atoms with Crippen LogP contribution in [0.2, 0.25) is 0 Å². The summed E-state index contributed by atoms with van der Waals surface area (Å²) < 4.78 is 5.13. The number of aliphatic hydroxyl groups is 1. The summed E-state index contributed by atoms with van der Waals surface area (Å²) >= 11 is 0. The Kier molecular flexibility index (Phi) is 7.02. The molecule has 1 aliphatic rings. The highest BCUT2D eigenvalue weighted by Gasteiger charge is 2.42. The Bertz CT molecular complexity index is 262. The summed E-state index contributed by atoms with van der Waals surface area (Å²) in [7, 11) is 0. The first kappa shape index (κ1) is 15.2. The number of allylic oxidation sites excluding steroid dienone is 1. The third-order valence-electron chi connectivity index (χ3n) is 3.60. The highest BCUT2D eigenvalue weighted by molar-refractivity contribution is 5.78. The summed E-state index contributed by atoms with van der Waals surface area (Å²) in [5, 5.41) is 9.79. The number of ether oxygens (including phenoxy) is 1. The van der Waals surface area contributed by atoms with E-state index in [1.165, 1.54) is 19.3 Å². The third kappa shape index (κ3) is 4.81. The van der Waals surface area contributed by atoms with Gasteiger partial charge >= 0.3 is 5.97 Å². The molecule has 0 aromatic carbocycles. The van der Waals surface area contributed by atoms with Crippen LogP contribution in [0, 0.1) is 5.92 Å². The van der Waals surface area contributed by atoms with Crippen molar-refractivity contribution in [2.75, 3.05) is 0 Å². The maximum absolute atomic E-state index is 11.4. The van der Waals surface area contributed by atoms with Gasteiger partial charge in [0.25, 0.3) is 0 Å². The lowest BCUT2D eigenvalue weighted by Crippen LogP contribution is -2.46. The molecule has 1 N–H and O–H groups in total. The second-order valence-corrected chi connectivity index (χ2v) is 5.19. The van der Waals surface area contributed by atoms with Gasteiger partial charge in [-0.2, -0.15) is 0 Å². The summed E-state index contributed by atoms with van der Waals surface area (Å²) in [5.74, 6) is -0.0485. The van der Waals surface area contributed by atoms with E-state index in [0.717, 1.165) is 19.3 Å². The molecule has 0 spiro atoms. The van der Waals surface area contributed by atoms with Crippen molar-refractivity contribution in [2.45, 2.75) is 70.5 Å². The topological polar surface area (TPSA) is 46.5 Å². The second kappa shape index (κ2) is 8.30. The molecule has 3 heteroatoms. The summed E-state index contributed by atoms with van der Waals surface area (Å²) in [6, 6.07) is 0. The molecule has 1 fully saturated rings. The van der Waals surface area contributed by atoms with Crippen LogP contribution in [0.1, 0.15) is 58.3 Å². The van der Waals surface area contributed by atoms with Gasteiger partial charge in [-0.3, -0.25) is 4.79 Å². The zero-order valence-corrected chi connectivity index (χ0v) is 11.4. The number of carbonyl (C=O) groups excluding carboxylic acids is 1. The fraction of sp³-hybridized carbons (Fsp3) is 0.800. The van der Waals surface area contributed by atoms with Crippen LogP contribution in [0.3, 0.4) is 0 Å². The van der Waals surface area contributed by atoms with Crippen molar-refractivity contribution in [3.63, 3.8) is 0 Å². The van der Waals surface area contributed by atoms with Crippen LogP contribution in [0.25, 0.3) is 0 Å². The maximum Gasteiger partial charge on any atom is 0.313 e. The van der Waals surface area contributed by atoms with Crippen LogP contribution in [0.5, 0.6) is 0 Å². The number of esters is 1.